The largest absolute Gasteiger partial charge is 0.302 e. The molecule has 0 aliphatic rings. The van der Waals surface area contributed by atoms with Crippen molar-refractivity contribution in [3.8, 4) is 0 Å². The zero-order chi connectivity index (χ0) is 12.1. The van der Waals surface area contributed by atoms with Crippen LogP contribution in [-0.4, -0.2) is 60.8 Å². The van der Waals surface area contributed by atoms with E-state index in [2.05, 4.69) is 0 Å². The first-order valence-corrected chi connectivity index (χ1v) is 6.91. The second-order valence-electron chi connectivity index (χ2n) is 2.66. The molecule has 0 aromatic heterocycles. The molecule has 0 aromatic rings. The maximum atomic E-state index is 10.3. The van der Waals surface area contributed by atoms with Crippen molar-refractivity contribution in [2.24, 2.45) is 0 Å². The summed E-state index contributed by atoms with van der Waals surface area (Å²) in [6.07, 6.45) is 0. The normalized spacial score (nSPS) is 13.3. The molecule has 0 fully saturated rings. The Hall–Kier alpha value is -0.300. The van der Waals surface area contributed by atoms with Gasteiger partial charge in [0.05, 0.1) is 11.5 Å². The molecule has 0 unspecified atom stereocenters. The summed E-state index contributed by atoms with van der Waals surface area (Å²) < 4.78 is 57.9. The monoisotopic (exact) mass is 264 g/mol. The van der Waals surface area contributed by atoms with Crippen molar-refractivity contribution in [3.05, 3.63) is 0 Å². The van der Waals surface area contributed by atoms with Crippen LogP contribution in [0.25, 0.3) is 0 Å². The molecule has 0 saturated heterocycles. The average Bonchev–Trinajstić information content (AvgIpc) is 2.00. The first-order chi connectivity index (χ1) is 6.64. The molecule has 0 aliphatic heterocycles. The van der Waals surface area contributed by atoms with Crippen LogP contribution >= 0.6 is 0 Å². The summed E-state index contributed by atoms with van der Waals surface area (Å²) >= 11 is 0. The number of nitrogens with zero attached hydrogens (tertiary/aromatic N) is 1. The van der Waals surface area contributed by atoms with Crippen molar-refractivity contribution in [2.75, 3.05) is 24.6 Å². The highest BCUT2D eigenvalue weighted by atomic mass is 32.2. The zero-order valence-corrected chi connectivity index (χ0v) is 9.20. The molecule has 0 radical (unpaired) electrons. The van der Waals surface area contributed by atoms with E-state index >= 15 is 0 Å². The van der Waals surface area contributed by atoms with E-state index in [1.807, 2.05) is 0 Å². The van der Waals surface area contributed by atoms with Crippen molar-refractivity contribution < 1.29 is 31.1 Å². The van der Waals surface area contributed by atoms with Gasteiger partial charge in [-0.2, -0.15) is 16.8 Å². The van der Waals surface area contributed by atoms with Crippen LogP contribution in [0.4, 0.5) is 0 Å². The summed E-state index contributed by atoms with van der Waals surface area (Å²) in [5.74, 6) is -1.35. The van der Waals surface area contributed by atoms with Crippen molar-refractivity contribution in [2.45, 2.75) is 0 Å². The molecule has 0 amide bonds. The topological polar surface area (TPSA) is 144 Å². The molecule has 15 heavy (non-hydrogen) atoms. The van der Waals surface area contributed by atoms with Gasteiger partial charge in [0.2, 0.25) is 0 Å². The fraction of sp³-hybridized carbons (Fsp3) is 1.00. The van der Waals surface area contributed by atoms with E-state index in [1.54, 1.807) is 0 Å². The first-order valence-electron chi connectivity index (χ1n) is 3.69. The molecule has 4 N–H and O–H groups in total. The number of nitrogens with one attached hydrogen (secondary N) is 1. The first kappa shape index (κ1) is 14.7. The van der Waals surface area contributed by atoms with E-state index in [0.29, 0.717) is 0 Å². The molecule has 0 heterocycles. The van der Waals surface area contributed by atoms with Gasteiger partial charge in [-0.15, -0.1) is 5.59 Å². The molecule has 0 rings (SSSR count). The number of rotatable bonds is 7. The average molecular weight is 264 g/mol. The van der Waals surface area contributed by atoms with Crippen molar-refractivity contribution >= 4 is 20.2 Å². The third kappa shape index (κ3) is 9.99. The summed E-state index contributed by atoms with van der Waals surface area (Å²) in [4.78, 5) is 0. The van der Waals surface area contributed by atoms with Gasteiger partial charge in [-0.1, -0.05) is 0 Å². The maximum absolute atomic E-state index is 10.3. The minimum absolute atomic E-state index is 0.329. The molecule has 0 bridgehead atoms. The quantitative estimate of drug-likeness (QED) is 0.302. The third-order valence-electron chi connectivity index (χ3n) is 1.38. The van der Waals surface area contributed by atoms with Crippen LogP contribution < -0.4 is 5.59 Å². The van der Waals surface area contributed by atoms with Gasteiger partial charge in [0.15, 0.2) is 0 Å². The van der Waals surface area contributed by atoms with E-state index in [9.17, 15) is 16.8 Å². The van der Waals surface area contributed by atoms with Gasteiger partial charge in [0, 0.05) is 13.1 Å². The summed E-state index contributed by atoms with van der Waals surface area (Å²) in [7, 11) is -8.38. The summed E-state index contributed by atoms with van der Waals surface area (Å²) in [6, 6.07) is 0. The summed E-state index contributed by atoms with van der Waals surface area (Å²) in [5, 5.41) is 9.25. The Bertz CT molecular complexity index is 338. The second-order valence-corrected chi connectivity index (χ2v) is 5.80. The lowest BCUT2D eigenvalue weighted by atomic mass is 10.6. The van der Waals surface area contributed by atoms with Crippen LogP contribution in [-0.2, 0) is 20.2 Å². The smallest absolute Gasteiger partial charge is 0.266 e. The van der Waals surface area contributed by atoms with E-state index in [0.717, 1.165) is 5.01 Å². The highest BCUT2D eigenvalue weighted by Gasteiger charge is 2.13. The molecular formula is C4H12N2O7S2. The predicted molar refractivity (Wildman–Crippen MR) is 49.3 cm³/mol. The van der Waals surface area contributed by atoms with Crippen molar-refractivity contribution in [1.29, 1.82) is 0 Å². The highest BCUT2D eigenvalue weighted by molar-refractivity contribution is 7.86. The predicted octanol–water partition coefficient (Wildman–Crippen LogP) is -2.04. The fourth-order valence-electron chi connectivity index (χ4n) is 0.663. The minimum atomic E-state index is -4.19. The molecule has 9 nitrogen and oxygen atoms in total. The maximum Gasteiger partial charge on any atom is 0.266 e. The molecule has 92 valence electrons. The van der Waals surface area contributed by atoms with Crippen LogP contribution in [0, 0.1) is 0 Å². The number of hydrogen-bond donors (Lipinski definition) is 4. The number of hydrazine groups is 1. The summed E-state index contributed by atoms with van der Waals surface area (Å²) in [6.45, 7) is -0.657. The standard InChI is InChI=1S/C4H12N2O7S2/c7-5-6(1-3-14(8,9)10)2-4-15(11,12)13/h5,7H,1-4H2,(H,8,9,10)(H,11,12,13). The lowest BCUT2D eigenvalue weighted by Crippen LogP contribution is -2.41. The Morgan fingerprint density at radius 1 is 0.933 bits per heavy atom. The Kier molecular flexibility index (Phi) is 5.58. The summed E-state index contributed by atoms with van der Waals surface area (Å²) in [5.41, 5.74) is 1.53. The van der Waals surface area contributed by atoms with Gasteiger partial charge in [-0.05, 0) is 0 Å². The van der Waals surface area contributed by atoms with Gasteiger partial charge in [0.1, 0.15) is 0 Å². The van der Waals surface area contributed by atoms with Crippen molar-refractivity contribution in [3.63, 3.8) is 0 Å². The molecule has 0 spiro atoms. The van der Waals surface area contributed by atoms with E-state index < -0.39 is 31.7 Å². The molecule has 0 saturated carbocycles. The third-order valence-corrected chi connectivity index (χ3v) is 2.78. The lowest BCUT2D eigenvalue weighted by Gasteiger charge is -2.17. The molecule has 0 aromatic carbocycles. The lowest BCUT2D eigenvalue weighted by molar-refractivity contribution is -0.0119. The van der Waals surface area contributed by atoms with E-state index in [1.165, 1.54) is 5.59 Å². The zero-order valence-electron chi connectivity index (χ0n) is 7.57. The molecule has 11 heteroatoms. The van der Waals surface area contributed by atoms with Gasteiger partial charge >= 0.3 is 0 Å². The Labute approximate surface area is 87.1 Å². The van der Waals surface area contributed by atoms with Crippen LogP contribution in [0.2, 0.25) is 0 Å². The van der Waals surface area contributed by atoms with Gasteiger partial charge in [-0.25, -0.2) is 5.01 Å². The van der Waals surface area contributed by atoms with Crippen LogP contribution in [0.1, 0.15) is 0 Å². The fourth-order valence-corrected chi connectivity index (χ4v) is 1.57. The van der Waals surface area contributed by atoms with Gasteiger partial charge in [-0.3, -0.25) is 9.11 Å². The van der Waals surface area contributed by atoms with E-state index in [-0.39, 0.29) is 13.1 Å². The Balaban J connectivity index is 4.05. The van der Waals surface area contributed by atoms with E-state index in [4.69, 9.17) is 14.3 Å². The van der Waals surface area contributed by atoms with Gasteiger partial charge in [0.25, 0.3) is 20.2 Å². The Morgan fingerprint density at radius 2 is 1.27 bits per heavy atom. The molecule has 0 atom stereocenters. The molecule has 0 aliphatic carbocycles. The second kappa shape index (κ2) is 5.69. The minimum Gasteiger partial charge on any atom is -0.302 e. The number of hydrogen-bond acceptors (Lipinski definition) is 7. The van der Waals surface area contributed by atoms with Crippen molar-refractivity contribution in [1.82, 2.24) is 10.6 Å². The van der Waals surface area contributed by atoms with Crippen LogP contribution in [0.5, 0.6) is 0 Å². The SMILES string of the molecule is O=S(=O)(O)CCN(CCS(=O)(=O)O)NO. The Morgan fingerprint density at radius 3 is 1.47 bits per heavy atom. The van der Waals surface area contributed by atoms with Crippen LogP contribution in [0.3, 0.4) is 0 Å². The van der Waals surface area contributed by atoms with Gasteiger partial charge < -0.3 is 5.21 Å². The van der Waals surface area contributed by atoms with Crippen LogP contribution in [0.15, 0.2) is 0 Å². The highest BCUT2D eigenvalue weighted by Crippen LogP contribution is 1.89. The molecular weight excluding hydrogens is 252 g/mol.